The number of fused-ring (bicyclic) bond motifs is 2. The SMILES string of the molecule is C/C=C/[P+](c1ccccc1)(c1ccccc1)c1ccccc1.CC1=C[C@@H]2CN(C(=O)N2OS(=O)(=O)[O-])[C@@H]1C(N)=O. The lowest BCUT2D eigenvalue weighted by Gasteiger charge is -2.27. The first-order chi connectivity index (χ1) is 19.1. The minimum atomic E-state index is -5.05. The summed E-state index contributed by atoms with van der Waals surface area (Å²) in [6, 6.07) is 30.1. The molecule has 1 saturated heterocycles. The minimum Gasteiger partial charge on any atom is -0.724 e. The fourth-order valence-corrected chi connectivity index (χ4v) is 9.24. The Hall–Kier alpha value is -3.82. The monoisotopic (exact) mass is 579 g/mol. The molecule has 11 heteroatoms. The molecule has 2 atom stereocenters. The van der Waals surface area contributed by atoms with Gasteiger partial charge in [0.15, 0.2) is 0 Å². The van der Waals surface area contributed by atoms with E-state index < -0.39 is 41.7 Å². The first kappa shape index (κ1) is 29.2. The molecule has 0 spiro atoms. The fourth-order valence-electron chi connectivity index (χ4n) is 5.08. The van der Waals surface area contributed by atoms with Crippen LogP contribution in [0.5, 0.6) is 0 Å². The van der Waals surface area contributed by atoms with Crippen molar-refractivity contribution in [1.29, 1.82) is 0 Å². The Kier molecular flexibility index (Phi) is 8.85. The summed E-state index contributed by atoms with van der Waals surface area (Å²) in [4.78, 5) is 24.1. The average molecular weight is 580 g/mol. The van der Waals surface area contributed by atoms with E-state index in [0.717, 1.165) is 4.90 Å². The predicted octanol–water partition coefficient (Wildman–Crippen LogP) is 2.81. The van der Waals surface area contributed by atoms with Gasteiger partial charge in [-0.15, -0.1) is 0 Å². The lowest BCUT2D eigenvalue weighted by Crippen LogP contribution is -2.48. The van der Waals surface area contributed by atoms with Gasteiger partial charge in [0, 0.05) is 0 Å². The number of benzene rings is 3. The molecule has 2 aliphatic heterocycles. The first-order valence-electron chi connectivity index (χ1n) is 12.5. The number of hydrogen-bond acceptors (Lipinski definition) is 6. The molecule has 2 bridgehead atoms. The van der Waals surface area contributed by atoms with Gasteiger partial charge in [0.25, 0.3) is 0 Å². The van der Waals surface area contributed by atoms with E-state index in [4.69, 9.17) is 5.73 Å². The third kappa shape index (κ3) is 6.00. The van der Waals surface area contributed by atoms with Crippen molar-refractivity contribution < 1.29 is 26.8 Å². The number of rotatable bonds is 7. The Labute approximate surface area is 234 Å². The minimum absolute atomic E-state index is 0.0410. The lowest BCUT2D eigenvalue weighted by atomic mass is 10.0. The van der Waals surface area contributed by atoms with E-state index in [1.54, 1.807) is 6.92 Å². The molecule has 0 aliphatic carbocycles. The molecule has 2 heterocycles. The maximum atomic E-state index is 11.8. The lowest BCUT2D eigenvalue weighted by molar-refractivity contribution is -0.121. The number of carbonyl (C=O) groups excluding carboxylic acids is 2. The van der Waals surface area contributed by atoms with Crippen LogP contribution >= 0.6 is 7.26 Å². The van der Waals surface area contributed by atoms with Crippen molar-refractivity contribution in [3.63, 3.8) is 0 Å². The number of nitrogens with two attached hydrogens (primary N) is 1. The highest BCUT2D eigenvalue weighted by molar-refractivity contribution is 7.98. The highest BCUT2D eigenvalue weighted by Crippen LogP contribution is 2.56. The molecule has 3 amide bonds. The molecule has 0 aromatic heterocycles. The van der Waals surface area contributed by atoms with Gasteiger partial charge in [-0.3, -0.25) is 4.79 Å². The Balaban J connectivity index is 0.000000189. The van der Waals surface area contributed by atoms with Crippen molar-refractivity contribution in [1.82, 2.24) is 9.96 Å². The first-order valence-corrected chi connectivity index (χ1v) is 15.7. The van der Waals surface area contributed by atoms with E-state index in [2.05, 4.69) is 114 Å². The second-order valence-corrected chi connectivity index (χ2v) is 13.5. The van der Waals surface area contributed by atoms with E-state index in [1.807, 2.05) is 0 Å². The largest absolute Gasteiger partial charge is 0.724 e. The van der Waals surface area contributed by atoms with Crippen LogP contribution in [0, 0.1) is 0 Å². The number of amides is 3. The van der Waals surface area contributed by atoms with Crippen LogP contribution in [0.25, 0.3) is 0 Å². The predicted molar refractivity (Wildman–Crippen MR) is 155 cm³/mol. The summed E-state index contributed by atoms with van der Waals surface area (Å²) in [5, 5.41) is 4.62. The van der Waals surface area contributed by atoms with Crippen LogP contribution in [0.1, 0.15) is 13.8 Å². The summed E-state index contributed by atoms with van der Waals surface area (Å²) in [7, 11) is -6.79. The fraction of sp³-hybridized carbons (Fsp3) is 0.172. The van der Waals surface area contributed by atoms with Crippen LogP contribution in [-0.4, -0.2) is 53.5 Å². The number of carbonyl (C=O) groups is 2. The third-order valence-electron chi connectivity index (χ3n) is 6.62. The van der Waals surface area contributed by atoms with Gasteiger partial charge in [-0.05, 0) is 55.8 Å². The van der Waals surface area contributed by atoms with Gasteiger partial charge >= 0.3 is 6.03 Å². The molecular weight excluding hydrogens is 549 g/mol. The normalized spacial score (nSPS) is 18.8. The van der Waals surface area contributed by atoms with E-state index in [0.29, 0.717) is 10.6 Å². The van der Waals surface area contributed by atoms with E-state index in [1.165, 1.54) is 22.0 Å². The van der Waals surface area contributed by atoms with E-state index >= 15 is 0 Å². The molecule has 1 fully saturated rings. The molecule has 40 heavy (non-hydrogen) atoms. The summed E-state index contributed by atoms with van der Waals surface area (Å²) in [5.74, 6) is 1.68. The molecule has 0 radical (unpaired) electrons. The number of hydroxylamine groups is 2. The Morgan fingerprint density at radius 2 is 1.40 bits per heavy atom. The number of urea groups is 1. The standard InChI is InChI=1S/C21H20P.C8H11N3O6S/c1-2-18-22(19-12-6-3-7-13-19,20-14-8-4-9-15-20)21-16-10-5-11-17-21;1-4-2-5-3-10(6(4)7(9)12)8(13)11(5)17-18(14,15)16/h2-18H,1H3;2,5-6H,3H2,1H3,(H2,9,12)(H,14,15,16)/q+1;/p-1/b18-2+;/t;5-,6+/m.1/s1. The highest BCUT2D eigenvalue weighted by Gasteiger charge is 2.47. The smallest absolute Gasteiger partial charge is 0.346 e. The van der Waals surface area contributed by atoms with Crippen molar-refractivity contribution in [3.8, 4) is 0 Å². The van der Waals surface area contributed by atoms with E-state index in [9.17, 15) is 22.6 Å². The molecule has 3 aromatic rings. The van der Waals surface area contributed by atoms with Gasteiger partial charge in [0.05, 0.1) is 18.4 Å². The summed E-state index contributed by atoms with van der Waals surface area (Å²) in [6.07, 6.45) is 3.67. The molecule has 208 valence electrons. The zero-order valence-electron chi connectivity index (χ0n) is 22.0. The van der Waals surface area contributed by atoms with Crippen molar-refractivity contribution in [3.05, 3.63) is 115 Å². The Bertz CT molecular complexity index is 1420. The number of hydrogen-bond donors (Lipinski definition) is 1. The van der Waals surface area contributed by atoms with Gasteiger partial charge in [-0.25, -0.2) is 13.2 Å². The van der Waals surface area contributed by atoms with Crippen molar-refractivity contribution in [2.75, 3.05) is 6.54 Å². The van der Waals surface area contributed by atoms with Gasteiger partial charge in [-0.2, -0.15) is 9.35 Å². The number of allylic oxidation sites excluding steroid dienone is 1. The second kappa shape index (κ2) is 12.1. The van der Waals surface area contributed by atoms with Gasteiger partial charge in [-0.1, -0.05) is 66.7 Å². The van der Waals surface area contributed by atoms with Crippen LogP contribution in [0.3, 0.4) is 0 Å². The van der Waals surface area contributed by atoms with Crippen LogP contribution < -0.4 is 21.6 Å². The molecule has 3 aromatic carbocycles. The zero-order chi connectivity index (χ0) is 28.9. The topological polar surface area (TPSA) is 133 Å². The zero-order valence-corrected chi connectivity index (χ0v) is 23.7. The van der Waals surface area contributed by atoms with Crippen molar-refractivity contribution >= 4 is 45.5 Å². The van der Waals surface area contributed by atoms with Crippen LogP contribution in [0.15, 0.2) is 115 Å². The van der Waals surface area contributed by atoms with E-state index in [-0.39, 0.29) is 6.54 Å². The molecule has 2 aliphatic rings. The summed E-state index contributed by atoms with van der Waals surface area (Å²) >= 11 is 0. The Morgan fingerprint density at radius 1 is 0.950 bits per heavy atom. The maximum Gasteiger partial charge on any atom is 0.346 e. The highest BCUT2D eigenvalue weighted by atomic mass is 32.3. The average Bonchev–Trinajstić information content (AvgIpc) is 3.17. The maximum absolute atomic E-state index is 11.8. The molecule has 5 rings (SSSR count). The van der Waals surface area contributed by atoms with Crippen molar-refractivity contribution in [2.24, 2.45) is 5.73 Å². The summed E-state index contributed by atoms with van der Waals surface area (Å²) in [6.45, 7) is 3.74. The van der Waals surface area contributed by atoms with Gasteiger partial charge in [0.2, 0.25) is 16.3 Å². The molecule has 0 unspecified atom stereocenters. The molecular formula is C29H30N3O6PS. The second-order valence-electron chi connectivity index (χ2n) is 9.24. The van der Waals surface area contributed by atoms with Crippen LogP contribution in [0.4, 0.5) is 4.79 Å². The quantitative estimate of drug-likeness (QED) is 0.198. The van der Waals surface area contributed by atoms with Gasteiger partial charge in [0.1, 0.15) is 29.2 Å². The molecule has 9 nitrogen and oxygen atoms in total. The summed E-state index contributed by atoms with van der Waals surface area (Å²) < 4.78 is 35.6. The summed E-state index contributed by atoms with van der Waals surface area (Å²) in [5.41, 5.74) is 5.67. The Morgan fingerprint density at radius 3 is 1.77 bits per heavy atom. The number of primary amides is 1. The number of nitrogens with zero attached hydrogens (tertiary/aromatic N) is 2. The van der Waals surface area contributed by atoms with Crippen LogP contribution in [0.2, 0.25) is 0 Å². The van der Waals surface area contributed by atoms with Crippen molar-refractivity contribution in [2.45, 2.75) is 25.9 Å². The third-order valence-corrected chi connectivity index (χ3v) is 11.0. The molecule has 0 saturated carbocycles. The van der Waals surface area contributed by atoms with Crippen LogP contribution in [-0.2, 0) is 19.5 Å². The molecule has 2 N–H and O–H groups in total. The van der Waals surface area contributed by atoms with Gasteiger partial charge < -0.3 is 15.2 Å².